The Bertz CT molecular complexity index is 778. The third-order valence-electron chi connectivity index (χ3n) is 4.46. The molecule has 0 bridgehead atoms. The van der Waals surface area contributed by atoms with Crippen LogP contribution >= 0.6 is 11.3 Å². The van der Waals surface area contributed by atoms with Crippen molar-refractivity contribution < 1.29 is 15.6 Å². The van der Waals surface area contributed by atoms with Gasteiger partial charge < -0.3 is 31.0 Å². The van der Waals surface area contributed by atoms with E-state index in [1.165, 1.54) is 4.88 Å². The maximum atomic E-state index is 12.1. The van der Waals surface area contributed by atoms with E-state index >= 15 is 0 Å². The van der Waals surface area contributed by atoms with Gasteiger partial charge in [0, 0.05) is 4.88 Å². The van der Waals surface area contributed by atoms with Crippen LogP contribution in [0.5, 0.6) is 0 Å². The van der Waals surface area contributed by atoms with E-state index in [9.17, 15) is 5.21 Å². The lowest BCUT2D eigenvalue weighted by molar-refractivity contribution is -0.864. The minimum absolute atomic E-state index is 0. The van der Waals surface area contributed by atoms with E-state index in [4.69, 9.17) is 4.99 Å². The minimum atomic E-state index is -0.159. The SMILES string of the molecule is Cc1cc2c(s1)Nc1ccccc1N=C2N1CC[N+](C)([O-])CC1.O.O. The topological polar surface area (TPSA) is 114 Å². The smallest absolute Gasteiger partial charge is 0.140 e. The number of aliphatic imine (C=N–C) groups is 1. The van der Waals surface area contributed by atoms with E-state index in [2.05, 4.69) is 29.3 Å². The quantitative estimate of drug-likeness (QED) is 0.568. The number of nitrogens with zero attached hydrogens (tertiary/aromatic N) is 3. The molecular formula is C17H24N4O3S. The zero-order valence-corrected chi connectivity index (χ0v) is 15.2. The molecule has 1 saturated heterocycles. The first-order chi connectivity index (χ1) is 11.0. The first-order valence-corrected chi connectivity index (χ1v) is 8.69. The van der Waals surface area contributed by atoms with Crippen LogP contribution in [0, 0.1) is 12.1 Å². The number of rotatable bonds is 0. The Morgan fingerprint density at radius 2 is 1.88 bits per heavy atom. The van der Waals surface area contributed by atoms with Crippen LogP contribution < -0.4 is 5.32 Å². The highest BCUT2D eigenvalue weighted by atomic mass is 32.1. The Balaban J connectivity index is 0.00000113. The number of para-hydroxylation sites is 2. The number of anilines is 2. The molecule has 3 heterocycles. The van der Waals surface area contributed by atoms with E-state index in [1.807, 2.05) is 18.2 Å². The summed E-state index contributed by atoms with van der Waals surface area (Å²) in [4.78, 5) is 8.46. The summed E-state index contributed by atoms with van der Waals surface area (Å²) in [5.74, 6) is 0.988. The molecule has 0 saturated carbocycles. The fourth-order valence-electron chi connectivity index (χ4n) is 3.09. The number of likely N-dealkylation sites (N-methyl/N-ethyl adjacent to an activating group) is 1. The molecule has 4 rings (SSSR count). The number of hydrogen-bond acceptors (Lipinski definition) is 5. The molecular weight excluding hydrogens is 340 g/mol. The molecule has 0 unspecified atom stereocenters. The van der Waals surface area contributed by atoms with Gasteiger partial charge in [0.1, 0.15) is 10.8 Å². The number of amidine groups is 1. The number of aryl methyl sites for hydroxylation is 1. The van der Waals surface area contributed by atoms with Gasteiger partial charge in [-0.3, -0.25) is 0 Å². The van der Waals surface area contributed by atoms with E-state index < -0.39 is 0 Å². The molecule has 7 nitrogen and oxygen atoms in total. The highest BCUT2D eigenvalue weighted by Gasteiger charge is 2.28. The summed E-state index contributed by atoms with van der Waals surface area (Å²) >= 11 is 1.75. The number of quaternary nitrogens is 1. The van der Waals surface area contributed by atoms with Crippen LogP contribution in [0.2, 0.25) is 0 Å². The lowest BCUT2D eigenvalue weighted by atomic mass is 10.2. The molecule has 1 fully saturated rings. The van der Waals surface area contributed by atoms with Crippen molar-refractivity contribution >= 4 is 33.5 Å². The Morgan fingerprint density at radius 1 is 1.20 bits per heavy atom. The summed E-state index contributed by atoms with van der Waals surface area (Å²) in [5.41, 5.74) is 3.13. The molecule has 5 N–H and O–H groups in total. The fraction of sp³-hybridized carbons (Fsp3) is 0.353. The molecule has 0 spiro atoms. The van der Waals surface area contributed by atoms with Crippen LogP contribution in [0.4, 0.5) is 16.4 Å². The van der Waals surface area contributed by atoms with Gasteiger partial charge in [0.25, 0.3) is 0 Å². The largest absolute Gasteiger partial charge is 0.633 e. The van der Waals surface area contributed by atoms with Crippen molar-refractivity contribution in [2.45, 2.75) is 6.92 Å². The summed E-state index contributed by atoms with van der Waals surface area (Å²) < 4.78 is -0.159. The fourth-order valence-corrected chi connectivity index (χ4v) is 4.01. The molecule has 2 aliphatic heterocycles. The first kappa shape index (κ1) is 19.4. The number of hydroxylamine groups is 3. The Kier molecular flexibility index (Phi) is 5.50. The van der Waals surface area contributed by atoms with Crippen molar-refractivity contribution in [1.82, 2.24) is 4.90 Å². The number of nitrogens with one attached hydrogen (secondary N) is 1. The highest BCUT2D eigenvalue weighted by Crippen LogP contribution is 2.39. The van der Waals surface area contributed by atoms with Crippen molar-refractivity contribution in [3.8, 4) is 0 Å². The lowest BCUT2D eigenvalue weighted by Crippen LogP contribution is -2.55. The monoisotopic (exact) mass is 364 g/mol. The summed E-state index contributed by atoms with van der Waals surface area (Å²) in [6.07, 6.45) is 0. The third kappa shape index (κ3) is 3.68. The average molecular weight is 364 g/mol. The number of hydrogen-bond donors (Lipinski definition) is 1. The minimum Gasteiger partial charge on any atom is -0.633 e. The summed E-state index contributed by atoms with van der Waals surface area (Å²) in [5, 5.41) is 16.8. The Labute approximate surface area is 151 Å². The van der Waals surface area contributed by atoms with Crippen molar-refractivity contribution in [3.05, 3.63) is 46.0 Å². The van der Waals surface area contributed by atoms with Crippen molar-refractivity contribution in [2.75, 3.05) is 38.5 Å². The molecule has 0 radical (unpaired) electrons. The Morgan fingerprint density at radius 3 is 2.60 bits per heavy atom. The van der Waals surface area contributed by atoms with Crippen molar-refractivity contribution in [2.24, 2.45) is 4.99 Å². The summed E-state index contributed by atoms with van der Waals surface area (Å²) in [6.45, 7) is 4.82. The number of benzene rings is 1. The van der Waals surface area contributed by atoms with Gasteiger partial charge in [0.05, 0.1) is 50.2 Å². The molecule has 2 aromatic rings. The van der Waals surface area contributed by atoms with Gasteiger partial charge in [-0.05, 0) is 25.1 Å². The van der Waals surface area contributed by atoms with Gasteiger partial charge in [-0.15, -0.1) is 11.3 Å². The van der Waals surface area contributed by atoms with Crippen LogP contribution in [-0.2, 0) is 0 Å². The van der Waals surface area contributed by atoms with Crippen LogP contribution in [0.1, 0.15) is 10.4 Å². The second-order valence-electron chi connectivity index (χ2n) is 6.41. The van der Waals surface area contributed by atoms with Gasteiger partial charge in [0.15, 0.2) is 0 Å². The molecule has 0 atom stereocenters. The molecule has 0 amide bonds. The molecule has 2 aliphatic rings. The van der Waals surface area contributed by atoms with E-state index in [0.29, 0.717) is 13.1 Å². The number of fused-ring (bicyclic) bond motifs is 2. The number of piperazine rings is 1. The first-order valence-electron chi connectivity index (χ1n) is 7.88. The van der Waals surface area contributed by atoms with Gasteiger partial charge in [-0.25, -0.2) is 4.99 Å². The maximum Gasteiger partial charge on any atom is 0.140 e. The van der Waals surface area contributed by atoms with Crippen molar-refractivity contribution in [1.29, 1.82) is 0 Å². The lowest BCUT2D eigenvalue weighted by Gasteiger charge is -2.45. The normalized spacial score (nSPS) is 17.7. The van der Waals surface area contributed by atoms with Crippen LogP contribution in [0.25, 0.3) is 0 Å². The molecule has 1 aromatic carbocycles. The molecule has 1 aromatic heterocycles. The summed E-state index contributed by atoms with van der Waals surface area (Å²) in [7, 11) is 1.75. The van der Waals surface area contributed by atoms with Gasteiger partial charge in [-0.1, -0.05) is 12.1 Å². The standard InChI is InChI=1S/C17H20N4OS.2H2O/c1-12-11-13-16(20-7-9-21(2,22)10-8-20)18-14-5-3-4-6-15(14)19-17(13)23-12;;/h3-6,11,19H,7-10H2,1-2H3;2*1H2. The van der Waals surface area contributed by atoms with Crippen LogP contribution in [0.15, 0.2) is 35.3 Å². The van der Waals surface area contributed by atoms with E-state index in [1.54, 1.807) is 18.4 Å². The van der Waals surface area contributed by atoms with Gasteiger partial charge in [-0.2, -0.15) is 0 Å². The highest BCUT2D eigenvalue weighted by molar-refractivity contribution is 7.16. The van der Waals surface area contributed by atoms with E-state index in [-0.39, 0.29) is 15.6 Å². The zero-order chi connectivity index (χ0) is 16.0. The maximum absolute atomic E-state index is 12.1. The zero-order valence-electron chi connectivity index (χ0n) is 14.4. The molecule has 136 valence electrons. The predicted molar refractivity (Wildman–Crippen MR) is 103 cm³/mol. The molecule has 25 heavy (non-hydrogen) atoms. The predicted octanol–water partition coefficient (Wildman–Crippen LogP) is 1.80. The van der Waals surface area contributed by atoms with Crippen LogP contribution in [0.3, 0.4) is 0 Å². The second kappa shape index (κ2) is 7.11. The second-order valence-corrected chi connectivity index (χ2v) is 7.66. The van der Waals surface area contributed by atoms with Gasteiger partial charge >= 0.3 is 0 Å². The van der Waals surface area contributed by atoms with E-state index in [0.717, 1.165) is 40.9 Å². The van der Waals surface area contributed by atoms with Gasteiger partial charge in [0.2, 0.25) is 0 Å². The van der Waals surface area contributed by atoms with Crippen molar-refractivity contribution in [3.63, 3.8) is 0 Å². The number of thiophene rings is 1. The van der Waals surface area contributed by atoms with Crippen LogP contribution in [-0.4, -0.2) is 59.6 Å². The summed E-state index contributed by atoms with van der Waals surface area (Å²) in [6, 6.07) is 10.3. The average Bonchev–Trinajstić information content (AvgIpc) is 2.80. The third-order valence-corrected chi connectivity index (χ3v) is 5.43. The molecule has 8 heteroatoms. The molecule has 0 aliphatic carbocycles. The Hall–Kier alpha value is -1.97.